The first-order chi connectivity index (χ1) is 13.0. The van der Waals surface area contributed by atoms with E-state index in [0.717, 1.165) is 16.8 Å². The maximum absolute atomic E-state index is 13.7. The Kier molecular flexibility index (Phi) is 3.58. The Morgan fingerprint density at radius 2 is 1.78 bits per heavy atom. The van der Waals surface area contributed by atoms with Crippen LogP contribution in [0.5, 0.6) is 0 Å². The molecule has 1 amide bonds. The van der Waals surface area contributed by atoms with Gasteiger partial charge < -0.3 is 14.4 Å². The fourth-order valence-electron chi connectivity index (χ4n) is 4.66. The van der Waals surface area contributed by atoms with E-state index in [1.165, 1.54) is 0 Å². The molecule has 2 aliphatic heterocycles. The summed E-state index contributed by atoms with van der Waals surface area (Å²) in [5.41, 5.74) is 2.51. The summed E-state index contributed by atoms with van der Waals surface area (Å²) in [6, 6.07) is 18.3. The molecule has 0 radical (unpaired) electrons. The van der Waals surface area contributed by atoms with E-state index < -0.39 is 11.2 Å². The summed E-state index contributed by atoms with van der Waals surface area (Å²) in [4.78, 5) is 15.6. The third-order valence-electron chi connectivity index (χ3n) is 5.80. The standard InChI is InChI=1S/C23H23NO3/c1-22(2)26-19-12-13-23(14-20(19)27-22)17-10-6-7-11-18(17)24(21(23)25)15-16-8-4-3-5-9-16/h3-13,19-20H,14-15H2,1-2H3/t19-,20-,23-/m1/s1. The van der Waals surface area contributed by atoms with E-state index in [1.807, 2.05) is 67.3 Å². The summed E-state index contributed by atoms with van der Waals surface area (Å²) in [6.07, 6.45) is 4.47. The van der Waals surface area contributed by atoms with Crippen LogP contribution in [0.4, 0.5) is 5.69 Å². The molecule has 0 aromatic heterocycles. The van der Waals surface area contributed by atoms with Gasteiger partial charge in [0.1, 0.15) is 6.10 Å². The third kappa shape index (κ3) is 2.55. The highest BCUT2D eigenvalue weighted by atomic mass is 16.7. The van der Waals surface area contributed by atoms with Gasteiger partial charge in [-0.2, -0.15) is 0 Å². The zero-order chi connectivity index (χ0) is 18.6. The molecule has 5 rings (SSSR count). The van der Waals surface area contributed by atoms with Crippen molar-refractivity contribution >= 4 is 11.6 Å². The summed E-state index contributed by atoms with van der Waals surface area (Å²) in [7, 11) is 0. The van der Waals surface area contributed by atoms with Gasteiger partial charge in [0.2, 0.25) is 5.91 Å². The highest BCUT2D eigenvalue weighted by Gasteiger charge is 2.55. The number of anilines is 1. The van der Waals surface area contributed by atoms with Crippen molar-refractivity contribution in [2.75, 3.05) is 4.90 Å². The van der Waals surface area contributed by atoms with Crippen LogP contribution in [0, 0.1) is 0 Å². The number of carbonyl (C=O) groups excluding carboxylic acids is 1. The molecule has 0 saturated carbocycles. The van der Waals surface area contributed by atoms with Crippen LogP contribution >= 0.6 is 0 Å². The van der Waals surface area contributed by atoms with Gasteiger partial charge in [0.05, 0.1) is 18.1 Å². The second-order valence-corrected chi connectivity index (χ2v) is 8.07. The number of nitrogens with zero attached hydrogens (tertiary/aromatic N) is 1. The number of para-hydroxylation sites is 1. The molecule has 1 aliphatic carbocycles. The molecule has 27 heavy (non-hydrogen) atoms. The van der Waals surface area contributed by atoms with Gasteiger partial charge in [-0.25, -0.2) is 0 Å². The first-order valence-electron chi connectivity index (χ1n) is 9.49. The van der Waals surface area contributed by atoms with Crippen LogP contribution in [0.2, 0.25) is 0 Å². The molecule has 4 nitrogen and oxygen atoms in total. The summed E-state index contributed by atoms with van der Waals surface area (Å²) in [6.45, 7) is 4.43. The van der Waals surface area contributed by atoms with Crippen LogP contribution < -0.4 is 4.90 Å². The zero-order valence-corrected chi connectivity index (χ0v) is 15.6. The number of rotatable bonds is 2. The van der Waals surface area contributed by atoms with Gasteiger partial charge in [0, 0.05) is 5.69 Å². The second-order valence-electron chi connectivity index (χ2n) is 8.07. The lowest BCUT2D eigenvalue weighted by Gasteiger charge is -2.33. The zero-order valence-electron chi connectivity index (χ0n) is 15.6. The van der Waals surface area contributed by atoms with Crippen LogP contribution in [-0.2, 0) is 26.2 Å². The Bertz CT molecular complexity index is 920. The molecule has 1 saturated heterocycles. The fourth-order valence-corrected chi connectivity index (χ4v) is 4.66. The molecule has 3 aliphatic rings. The van der Waals surface area contributed by atoms with Gasteiger partial charge in [-0.15, -0.1) is 0 Å². The molecule has 2 aromatic carbocycles. The molecule has 1 spiro atoms. The van der Waals surface area contributed by atoms with Crippen molar-refractivity contribution in [2.24, 2.45) is 0 Å². The summed E-state index contributed by atoms with van der Waals surface area (Å²) in [5, 5.41) is 0. The Morgan fingerprint density at radius 1 is 1.04 bits per heavy atom. The van der Waals surface area contributed by atoms with E-state index in [4.69, 9.17) is 9.47 Å². The van der Waals surface area contributed by atoms with Crippen LogP contribution in [0.1, 0.15) is 31.4 Å². The Labute approximate surface area is 159 Å². The van der Waals surface area contributed by atoms with E-state index in [9.17, 15) is 4.79 Å². The minimum absolute atomic E-state index is 0.0891. The van der Waals surface area contributed by atoms with Crippen LogP contribution in [0.25, 0.3) is 0 Å². The Hall–Kier alpha value is -2.43. The number of benzene rings is 2. The van der Waals surface area contributed by atoms with Crippen molar-refractivity contribution in [3.63, 3.8) is 0 Å². The van der Waals surface area contributed by atoms with Gasteiger partial charge in [-0.3, -0.25) is 4.79 Å². The van der Waals surface area contributed by atoms with Crippen molar-refractivity contribution in [2.45, 2.75) is 50.2 Å². The van der Waals surface area contributed by atoms with Gasteiger partial charge in [-0.1, -0.05) is 60.7 Å². The predicted octanol–water partition coefficient (Wildman–Crippen LogP) is 3.95. The number of hydrogen-bond donors (Lipinski definition) is 0. The quantitative estimate of drug-likeness (QED) is 0.760. The molecule has 0 N–H and O–H groups in total. The topological polar surface area (TPSA) is 38.8 Å². The van der Waals surface area contributed by atoms with E-state index >= 15 is 0 Å². The number of ether oxygens (including phenoxy) is 2. The maximum atomic E-state index is 13.7. The second kappa shape index (κ2) is 5.78. The summed E-state index contributed by atoms with van der Waals surface area (Å²) in [5.74, 6) is -0.494. The molecular weight excluding hydrogens is 338 g/mol. The molecule has 2 heterocycles. The number of fused-ring (bicyclic) bond motifs is 3. The minimum Gasteiger partial charge on any atom is -0.344 e. The normalized spacial score (nSPS) is 30.6. The molecule has 2 aromatic rings. The number of hydrogen-bond acceptors (Lipinski definition) is 3. The lowest BCUT2D eigenvalue weighted by atomic mass is 9.72. The average Bonchev–Trinajstić information content (AvgIpc) is 3.09. The largest absolute Gasteiger partial charge is 0.344 e. The highest BCUT2D eigenvalue weighted by molar-refractivity contribution is 6.09. The van der Waals surface area contributed by atoms with E-state index in [1.54, 1.807) is 0 Å². The third-order valence-corrected chi connectivity index (χ3v) is 5.80. The van der Waals surface area contributed by atoms with Gasteiger partial charge in [0.25, 0.3) is 0 Å². The van der Waals surface area contributed by atoms with Crippen molar-refractivity contribution < 1.29 is 14.3 Å². The van der Waals surface area contributed by atoms with Crippen LogP contribution in [0.3, 0.4) is 0 Å². The van der Waals surface area contributed by atoms with Gasteiger partial charge in [-0.05, 0) is 37.5 Å². The first-order valence-corrected chi connectivity index (χ1v) is 9.49. The van der Waals surface area contributed by atoms with Gasteiger partial charge >= 0.3 is 0 Å². The van der Waals surface area contributed by atoms with E-state index in [0.29, 0.717) is 13.0 Å². The van der Waals surface area contributed by atoms with E-state index in [2.05, 4.69) is 18.2 Å². The molecule has 138 valence electrons. The maximum Gasteiger partial charge on any atom is 0.241 e. The lowest BCUT2D eigenvalue weighted by molar-refractivity contribution is -0.145. The molecule has 1 fully saturated rings. The first kappa shape index (κ1) is 16.7. The highest BCUT2D eigenvalue weighted by Crippen LogP contribution is 2.50. The Morgan fingerprint density at radius 3 is 2.59 bits per heavy atom. The predicted molar refractivity (Wildman–Crippen MR) is 103 cm³/mol. The van der Waals surface area contributed by atoms with E-state index in [-0.39, 0.29) is 18.1 Å². The Balaban J connectivity index is 1.55. The fraction of sp³-hybridized carbons (Fsp3) is 0.348. The SMILES string of the molecule is CC1(C)O[C@@H]2C=C[C@]3(C[C@H]2O1)C(=O)N(Cc1ccccc1)c1ccccc13. The molecule has 3 atom stereocenters. The number of amides is 1. The average molecular weight is 361 g/mol. The summed E-state index contributed by atoms with van der Waals surface area (Å²) >= 11 is 0. The van der Waals surface area contributed by atoms with Crippen LogP contribution in [-0.4, -0.2) is 23.9 Å². The van der Waals surface area contributed by atoms with Crippen molar-refractivity contribution in [3.05, 3.63) is 77.9 Å². The lowest BCUT2D eigenvalue weighted by Crippen LogP contribution is -2.45. The smallest absolute Gasteiger partial charge is 0.241 e. The molecule has 0 unspecified atom stereocenters. The van der Waals surface area contributed by atoms with Crippen molar-refractivity contribution in [1.29, 1.82) is 0 Å². The van der Waals surface area contributed by atoms with Crippen LogP contribution in [0.15, 0.2) is 66.7 Å². The van der Waals surface area contributed by atoms with Crippen molar-refractivity contribution in [3.8, 4) is 0 Å². The van der Waals surface area contributed by atoms with Gasteiger partial charge in [0.15, 0.2) is 5.79 Å². The molecule has 0 bridgehead atoms. The minimum atomic E-state index is -0.670. The monoisotopic (exact) mass is 361 g/mol. The number of carbonyl (C=O) groups is 1. The molecular formula is C23H23NO3. The molecule has 4 heteroatoms. The van der Waals surface area contributed by atoms with Crippen molar-refractivity contribution in [1.82, 2.24) is 0 Å². The summed E-state index contributed by atoms with van der Waals surface area (Å²) < 4.78 is 12.1.